The van der Waals surface area contributed by atoms with E-state index in [-0.39, 0.29) is 22.7 Å². The summed E-state index contributed by atoms with van der Waals surface area (Å²) in [7, 11) is 0. The number of alkyl halides is 2. The van der Waals surface area contributed by atoms with E-state index in [1.807, 2.05) is 0 Å². The molecule has 0 amide bonds. The third kappa shape index (κ3) is 4.61. The van der Waals surface area contributed by atoms with Crippen molar-refractivity contribution in [1.29, 1.82) is 0 Å². The van der Waals surface area contributed by atoms with Crippen molar-refractivity contribution in [2.75, 3.05) is 5.32 Å². The van der Waals surface area contributed by atoms with Crippen molar-refractivity contribution in [1.82, 2.24) is 4.98 Å². The molecule has 1 heterocycles. The van der Waals surface area contributed by atoms with Crippen LogP contribution in [0, 0.1) is 5.92 Å². The maximum absolute atomic E-state index is 12.7. The van der Waals surface area contributed by atoms with Crippen molar-refractivity contribution in [3.05, 3.63) is 23.0 Å². The first kappa shape index (κ1) is 18.1. The Hall–Kier alpha value is -1.27. The van der Waals surface area contributed by atoms with E-state index in [1.165, 1.54) is 6.07 Å². The summed E-state index contributed by atoms with van der Waals surface area (Å²) in [5, 5.41) is 13.3. The number of hydrogen-bond acceptors (Lipinski definition) is 4. The first-order valence-corrected chi connectivity index (χ1v) is 8.03. The Kier molecular flexibility index (Phi) is 5.57. The lowest BCUT2D eigenvalue weighted by molar-refractivity contribution is -0.000393. The minimum Gasteiger partial charge on any atom is -0.390 e. The second kappa shape index (κ2) is 7.09. The molecule has 2 N–H and O–H groups in total. The highest BCUT2D eigenvalue weighted by molar-refractivity contribution is 6.29. The fourth-order valence-electron chi connectivity index (χ4n) is 3.03. The van der Waals surface area contributed by atoms with Gasteiger partial charge in [-0.2, -0.15) is 0 Å². The molecule has 4 nitrogen and oxygen atoms in total. The summed E-state index contributed by atoms with van der Waals surface area (Å²) in [5.41, 5.74) is -0.571. The topological polar surface area (TPSA) is 62.2 Å². The van der Waals surface area contributed by atoms with E-state index in [1.54, 1.807) is 13.8 Å². The standard InChI is InChI=1S/C16H21ClF2N2O2/c1-16(2,23)9-3-5-10(6-4-9)21-12-7-13(17)20-8-11(12)14(22)15(18)19/h7-10,15,23H,3-6H2,1-2H3,(H,20,21). The van der Waals surface area contributed by atoms with Crippen molar-refractivity contribution in [3.63, 3.8) is 0 Å². The van der Waals surface area contributed by atoms with Crippen LogP contribution < -0.4 is 5.32 Å². The van der Waals surface area contributed by atoms with Crippen LogP contribution in [0.3, 0.4) is 0 Å². The highest BCUT2D eigenvalue weighted by Crippen LogP contribution is 2.34. The molecular weight excluding hydrogens is 326 g/mol. The van der Waals surface area contributed by atoms with Crippen LogP contribution in [0.15, 0.2) is 12.3 Å². The van der Waals surface area contributed by atoms with E-state index in [0.717, 1.165) is 31.9 Å². The largest absolute Gasteiger partial charge is 0.390 e. The highest BCUT2D eigenvalue weighted by atomic mass is 35.5. The number of carbonyl (C=O) groups excluding carboxylic acids is 1. The molecule has 0 aliphatic heterocycles. The molecule has 0 bridgehead atoms. The number of Topliss-reactive ketones (excluding diaryl/α,β-unsaturated/α-hetero) is 1. The molecule has 0 saturated heterocycles. The molecule has 0 unspecified atom stereocenters. The van der Waals surface area contributed by atoms with Crippen LogP contribution in [0.5, 0.6) is 0 Å². The predicted molar refractivity (Wildman–Crippen MR) is 85.2 cm³/mol. The summed E-state index contributed by atoms with van der Waals surface area (Å²) >= 11 is 5.82. The summed E-state index contributed by atoms with van der Waals surface area (Å²) in [6.07, 6.45) is 1.25. The molecule has 0 spiro atoms. The van der Waals surface area contributed by atoms with Gasteiger partial charge < -0.3 is 10.4 Å². The smallest absolute Gasteiger partial charge is 0.300 e. The van der Waals surface area contributed by atoms with Gasteiger partial charge in [0.1, 0.15) is 5.15 Å². The molecule has 0 atom stereocenters. The quantitative estimate of drug-likeness (QED) is 0.626. The number of carbonyl (C=O) groups is 1. The first-order chi connectivity index (χ1) is 10.7. The monoisotopic (exact) mass is 346 g/mol. The zero-order valence-corrected chi connectivity index (χ0v) is 13.9. The first-order valence-electron chi connectivity index (χ1n) is 7.65. The zero-order valence-electron chi connectivity index (χ0n) is 13.2. The van der Waals surface area contributed by atoms with E-state index in [4.69, 9.17) is 11.6 Å². The van der Waals surface area contributed by atoms with Crippen LogP contribution in [0.1, 0.15) is 49.9 Å². The van der Waals surface area contributed by atoms with Crippen LogP contribution in [-0.4, -0.2) is 33.9 Å². The lowest BCUT2D eigenvalue weighted by Gasteiger charge is -2.36. The predicted octanol–water partition coefficient (Wildman–Crippen LogP) is 3.92. The lowest BCUT2D eigenvalue weighted by Crippen LogP contribution is -2.37. The third-order valence-corrected chi connectivity index (χ3v) is 4.63. The molecule has 0 aromatic carbocycles. The molecule has 128 valence electrons. The number of aliphatic hydroxyl groups is 1. The molecule has 1 aromatic heterocycles. The van der Waals surface area contributed by atoms with Gasteiger partial charge in [0.05, 0.1) is 16.9 Å². The number of nitrogens with one attached hydrogen (secondary N) is 1. The Balaban J connectivity index is 2.09. The second-order valence-corrected chi connectivity index (χ2v) is 6.95. The van der Waals surface area contributed by atoms with E-state index in [0.29, 0.717) is 5.69 Å². The number of nitrogens with zero attached hydrogens (tertiary/aromatic N) is 1. The van der Waals surface area contributed by atoms with Crippen molar-refractivity contribution in [2.24, 2.45) is 5.92 Å². The van der Waals surface area contributed by atoms with Gasteiger partial charge in [0.15, 0.2) is 0 Å². The van der Waals surface area contributed by atoms with Crippen molar-refractivity contribution < 1.29 is 18.7 Å². The average Bonchev–Trinajstić information content (AvgIpc) is 2.46. The minimum atomic E-state index is -3.08. The molecule has 1 aliphatic rings. The summed E-state index contributed by atoms with van der Waals surface area (Å²) in [4.78, 5) is 15.3. The Morgan fingerprint density at radius 3 is 2.52 bits per heavy atom. The number of aromatic nitrogens is 1. The van der Waals surface area contributed by atoms with Crippen LogP contribution in [-0.2, 0) is 0 Å². The highest BCUT2D eigenvalue weighted by Gasteiger charge is 2.32. The summed E-state index contributed by atoms with van der Waals surface area (Å²) in [6.45, 7) is 3.60. The molecule has 1 aromatic rings. The molecule has 7 heteroatoms. The average molecular weight is 347 g/mol. The number of rotatable bonds is 5. The van der Waals surface area contributed by atoms with Gasteiger partial charge in [0.25, 0.3) is 0 Å². The van der Waals surface area contributed by atoms with E-state index in [2.05, 4.69) is 10.3 Å². The molecule has 2 rings (SSSR count). The van der Waals surface area contributed by atoms with Crippen LogP contribution in [0.4, 0.5) is 14.5 Å². The number of pyridine rings is 1. The van der Waals surface area contributed by atoms with Gasteiger partial charge in [-0.15, -0.1) is 0 Å². The molecule has 1 fully saturated rings. The second-order valence-electron chi connectivity index (χ2n) is 6.56. The Morgan fingerprint density at radius 1 is 1.39 bits per heavy atom. The van der Waals surface area contributed by atoms with Crippen molar-refractivity contribution in [3.8, 4) is 0 Å². The number of halogens is 3. The van der Waals surface area contributed by atoms with Gasteiger partial charge in [0.2, 0.25) is 5.78 Å². The van der Waals surface area contributed by atoms with Crippen LogP contribution in [0.2, 0.25) is 5.15 Å². The van der Waals surface area contributed by atoms with Crippen LogP contribution in [0.25, 0.3) is 0 Å². The fourth-order valence-corrected chi connectivity index (χ4v) is 3.19. The molecule has 1 saturated carbocycles. The maximum Gasteiger partial charge on any atom is 0.300 e. The lowest BCUT2D eigenvalue weighted by atomic mass is 9.77. The van der Waals surface area contributed by atoms with Crippen molar-refractivity contribution in [2.45, 2.75) is 57.6 Å². The van der Waals surface area contributed by atoms with Crippen LogP contribution >= 0.6 is 11.6 Å². The van der Waals surface area contributed by atoms with E-state index >= 15 is 0 Å². The van der Waals surface area contributed by atoms with Gasteiger partial charge in [-0.25, -0.2) is 13.8 Å². The molecule has 0 radical (unpaired) electrons. The Morgan fingerprint density at radius 2 is 2.00 bits per heavy atom. The molecule has 1 aliphatic carbocycles. The summed E-state index contributed by atoms with van der Waals surface area (Å²) in [6, 6.07) is 1.45. The van der Waals surface area contributed by atoms with E-state index in [9.17, 15) is 18.7 Å². The Bertz CT molecular complexity index is 568. The van der Waals surface area contributed by atoms with Gasteiger partial charge in [-0.1, -0.05) is 11.6 Å². The summed E-state index contributed by atoms with van der Waals surface area (Å²) in [5.74, 6) is -1.05. The zero-order chi connectivity index (χ0) is 17.2. The maximum atomic E-state index is 12.7. The van der Waals surface area contributed by atoms with Gasteiger partial charge in [-0.05, 0) is 51.5 Å². The Labute approximate surface area is 139 Å². The van der Waals surface area contributed by atoms with Crippen molar-refractivity contribution >= 4 is 23.1 Å². The minimum absolute atomic E-state index is 0.0521. The summed E-state index contributed by atoms with van der Waals surface area (Å²) < 4.78 is 25.4. The van der Waals surface area contributed by atoms with Gasteiger partial charge in [0, 0.05) is 12.2 Å². The molecular formula is C16H21ClF2N2O2. The number of anilines is 1. The SMILES string of the molecule is CC(C)(O)C1CCC(Nc2cc(Cl)ncc2C(=O)C(F)F)CC1. The van der Waals surface area contributed by atoms with E-state index < -0.39 is 17.8 Å². The number of hydrogen-bond donors (Lipinski definition) is 2. The van der Waals surface area contributed by atoms with Gasteiger partial charge in [-0.3, -0.25) is 4.79 Å². The third-order valence-electron chi connectivity index (χ3n) is 4.42. The normalized spacial score (nSPS) is 22.2. The fraction of sp³-hybridized carbons (Fsp3) is 0.625. The molecule has 23 heavy (non-hydrogen) atoms. The number of ketones is 1. The van der Waals surface area contributed by atoms with Gasteiger partial charge >= 0.3 is 6.43 Å².